The average Bonchev–Trinajstić information content (AvgIpc) is 1.58. The van der Waals surface area contributed by atoms with Crippen LogP contribution in [-0.4, -0.2) is 9.13 Å². The van der Waals surface area contributed by atoms with Gasteiger partial charge in [-0.2, -0.15) is 116 Å². The number of fused-ring (bicyclic) bond motifs is 6. The number of halogens is 24. The maximum absolute atomic E-state index is 15.5. The Morgan fingerprint density at radius 2 is 0.535 bits per heavy atom. The van der Waals surface area contributed by atoms with Crippen molar-refractivity contribution in [1.29, 1.82) is 10.5 Å². The van der Waals surface area contributed by atoms with Crippen LogP contribution in [0.2, 0.25) is 0 Å². The van der Waals surface area contributed by atoms with Crippen molar-refractivity contribution in [2.75, 3.05) is 0 Å². The van der Waals surface area contributed by atoms with Crippen LogP contribution in [-0.2, 0) is 49.4 Å². The summed E-state index contributed by atoms with van der Waals surface area (Å²) in [7, 11) is 0. The summed E-state index contributed by atoms with van der Waals surface area (Å²) in [6.45, 7) is 1.35. The third-order valence-electron chi connectivity index (χ3n) is 16.7. The van der Waals surface area contributed by atoms with Crippen molar-refractivity contribution < 1.29 is 105 Å². The van der Waals surface area contributed by atoms with E-state index in [9.17, 15) is 103 Å². The van der Waals surface area contributed by atoms with Crippen LogP contribution in [0.5, 0.6) is 0 Å². The lowest BCUT2D eigenvalue weighted by Crippen LogP contribution is -2.12. The Balaban J connectivity index is 1.23. The molecule has 99 heavy (non-hydrogen) atoms. The topological polar surface area (TPSA) is 57.4 Å². The average molecular weight is 1400 g/mol. The molecule has 0 atom stereocenters. The molecule has 0 fully saturated rings. The minimum absolute atomic E-state index is 0.134. The lowest BCUT2D eigenvalue weighted by Gasteiger charge is -2.20. The van der Waals surface area contributed by atoms with E-state index in [1.165, 1.54) is 13.0 Å². The summed E-state index contributed by atoms with van der Waals surface area (Å²) in [6.07, 6.45) is -43.0. The summed E-state index contributed by atoms with van der Waals surface area (Å²) in [5.74, 6) is 0. The lowest BCUT2D eigenvalue weighted by atomic mass is 9.94. The molecule has 0 spiro atoms. The molecule has 28 heteroatoms. The van der Waals surface area contributed by atoms with Crippen LogP contribution in [0.1, 0.15) is 61.2 Å². The van der Waals surface area contributed by atoms with Gasteiger partial charge in [-0.3, -0.25) is 0 Å². The van der Waals surface area contributed by atoms with Gasteiger partial charge in [-0.05, 0) is 178 Å². The molecule has 2 aromatic heterocycles. The maximum Gasteiger partial charge on any atom is 0.417 e. The molecule has 0 unspecified atom stereocenters. The number of hydrogen-bond donors (Lipinski definition) is 0. The zero-order chi connectivity index (χ0) is 72.0. The van der Waals surface area contributed by atoms with E-state index < -0.39 is 166 Å². The normalized spacial score (nSPS) is 13.1. The Labute approximate surface area is 539 Å². The molecule has 4 nitrogen and oxygen atoms in total. The number of rotatable bonds is 7. The number of aryl methyl sites for hydroxylation is 1. The standard InChI is InChI=1S/C71H32F24N4/c1-33-2-11-43(53(20-33)67(81,82)83)35-4-16-58-48(22-35)49-23-36(44-13-8-40(64(72,73)74)28-55(44)69(87,88)89)5-17-59(49)98(58)62-26-39(47-12-3-34(31-96)21-54(47)68(84,85)86)27-63(52(62)32-97)99-60-18-6-37(45-14-9-41(65(75,76)77)29-56(45)70(90,91)92)24-50(60)51-25-38(7-19-61(51)99)46-15-10-42(66(78,79)80)30-57(46)71(93,94)95/h2-30H,1H3. The molecule has 0 aliphatic rings. The Kier molecular flexibility index (Phi) is 15.9. The van der Waals surface area contributed by atoms with Crippen molar-refractivity contribution in [3.05, 3.63) is 237 Å². The smallest absolute Gasteiger partial charge is 0.308 e. The molecule has 0 saturated carbocycles. The molecule has 12 aromatic rings. The van der Waals surface area contributed by atoms with Gasteiger partial charge < -0.3 is 9.13 Å². The van der Waals surface area contributed by atoms with E-state index in [-0.39, 0.29) is 72.9 Å². The minimum atomic E-state index is -5.54. The second-order valence-electron chi connectivity index (χ2n) is 22.8. The molecule has 0 radical (unpaired) electrons. The number of benzene rings is 10. The summed E-state index contributed by atoms with van der Waals surface area (Å²) < 4.78 is 354. The van der Waals surface area contributed by atoms with Crippen molar-refractivity contribution in [3.8, 4) is 79.1 Å². The summed E-state index contributed by atoms with van der Waals surface area (Å²) in [5.41, 5.74) is -23.0. The van der Waals surface area contributed by atoms with Crippen molar-refractivity contribution in [1.82, 2.24) is 9.13 Å². The first-order valence-corrected chi connectivity index (χ1v) is 28.4. The van der Waals surface area contributed by atoms with Crippen LogP contribution in [0.25, 0.3) is 111 Å². The highest BCUT2D eigenvalue weighted by atomic mass is 19.4. The van der Waals surface area contributed by atoms with E-state index in [1.54, 1.807) is 6.07 Å². The van der Waals surface area contributed by atoms with E-state index in [0.29, 0.717) is 42.5 Å². The molecular weight excluding hydrogens is 1360 g/mol. The van der Waals surface area contributed by atoms with Gasteiger partial charge in [0, 0.05) is 21.5 Å². The van der Waals surface area contributed by atoms with Crippen molar-refractivity contribution in [2.45, 2.75) is 56.3 Å². The molecule has 504 valence electrons. The number of alkyl halides is 24. The fourth-order valence-electron chi connectivity index (χ4n) is 12.3. The summed E-state index contributed by atoms with van der Waals surface area (Å²) in [5, 5.41) is 20.4. The zero-order valence-corrected chi connectivity index (χ0v) is 49.1. The number of nitriles is 2. The summed E-state index contributed by atoms with van der Waals surface area (Å²) in [4.78, 5) is 0. The van der Waals surface area contributed by atoms with Gasteiger partial charge in [0.15, 0.2) is 0 Å². The molecule has 0 aliphatic carbocycles. The van der Waals surface area contributed by atoms with Gasteiger partial charge in [0.2, 0.25) is 0 Å². The maximum atomic E-state index is 15.5. The number of hydrogen-bond acceptors (Lipinski definition) is 2. The molecule has 12 rings (SSSR count). The molecule has 0 amide bonds. The fourth-order valence-corrected chi connectivity index (χ4v) is 12.3. The van der Waals surface area contributed by atoms with Crippen LogP contribution < -0.4 is 0 Å². The second kappa shape index (κ2) is 23.1. The van der Waals surface area contributed by atoms with Gasteiger partial charge in [-0.15, -0.1) is 0 Å². The summed E-state index contributed by atoms with van der Waals surface area (Å²) >= 11 is 0. The molecular formula is C71H32F24N4. The van der Waals surface area contributed by atoms with E-state index in [0.717, 1.165) is 118 Å². The molecule has 0 bridgehead atoms. The van der Waals surface area contributed by atoms with Gasteiger partial charge in [-0.1, -0.05) is 66.2 Å². The van der Waals surface area contributed by atoms with Crippen molar-refractivity contribution in [2.24, 2.45) is 0 Å². The quantitative estimate of drug-likeness (QED) is 0.149. The van der Waals surface area contributed by atoms with Crippen LogP contribution in [0.3, 0.4) is 0 Å². The van der Waals surface area contributed by atoms with E-state index in [4.69, 9.17) is 0 Å². The van der Waals surface area contributed by atoms with Crippen LogP contribution in [0.4, 0.5) is 105 Å². The predicted octanol–water partition coefficient (Wildman–Crippen LogP) is 24.4. The van der Waals surface area contributed by atoms with Crippen LogP contribution >= 0.6 is 0 Å². The first-order chi connectivity index (χ1) is 45.9. The predicted molar refractivity (Wildman–Crippen MR) is 316 cm³/mol. The third-order valence-corrected chi connectivity index (χ3v) is 16.7. The highest BCUT2D eigenvalue weighted by molar-refractivity contribution is 6.14. The molecule has 0 N–H and O–H groups in total. The zero-order valence-electron chi connectivity index (χ0n) is 49.1. The molecule has 0 saturated heterocycles. The first kappa shape index (κ1) is 68.1. The van der Waals surface area contributed by atoms with Gasteiger partial charge in [0.05, 0.1) is 89.6 Å². The Morgan fingerprint density at radius 3 is 0.818 bits per heavy atom. The number of nitrogens with zero attached hydrogens (tertiary/aromatic N) is 4. The molecule has 0 aliphatic heterocycles. The molecule has 2 heterocycles. The Hall–Kier alpha value is -10.9. The Morgan fingerprint density at radius 1 is 0.263 bits per heavy atom. The Bertz CT molecular complexity index is 5280. The SMILES string of the molecule is Cc1ccc(-c2ccc3c(c2)c2cc(-c4ccc(C(F)(F)F)cc4C(F)(F)F)ccc2n3-c2cc(-c3ccc(C#N)cc3C(F)(F)F)cc(-n3c4ccc(-c5ccc(C(F)(F)F)cc5C(F)(F)F)cc4c4cc(-c5ccc(C(F)(F)F)cc5C(F)(F)F)ccc43)c2C#N)c(C(F)(F)F)c1. The summed E-state index contributed by atoms with van der Waals surface area (Å²) in [6, 6.07) is 24.9. The fraction of sp³-hybridized carbons (Fsp3) is 0.127. The minimum Gasteiger partial charge on any atom is -0.308 e. The van der Waals surface area contributed by atoms with Gasteiger partial charge in [0.25, 0.3) is 0 Å². The highest BCUT2D eigenvalue weighted by Gasteiger charge is 2.43. The largest absolute Gasteiger partial charge is 0.417 e. The van der Waals surface area contributed by atoms with E-state index >= 15 is 13.2 Å². The lowest BCUT2D eigenvalue weighted by molar-refractivity contribution is -0.144. The number of aromatic nitrogens is 2. The monoisotopic (exact) mass is 1400 g/mol. The highest BCUT2D eigenvalue weighted by Crippen LogP contribution is 2.51. The first-order valence-electron chi connectivity index (χ1n) is 28.4. The van der Waals surface area contributed by atoms with Gasteiger partial charge >= 0.3 is 49.4 Å². The third kappa shape index (κ3) is 12.3. The van der Waals surface area contributed by atoms with E-state index in [1.807, 2.05) is 6.07 Å². The van der Waals surface area contributed by atoms with Gasteiger partial charge in [-0.25, -0.2) is 0 Å². The van der Waals surface area contributed by atoms with Crippen LogP contribution in [0, 0.1) is 29.6 Å². The molecule has 10 aromatic carbocycles. The van der Waals surface area contributed by atoms with Crippen molar-refractivity contribution in [3.63, 3.8) is 0 Å². The second-order valence-corrected chi connectivity index (χ2v) is 22.8. The van der Waals surface area contributed by atoms with Crippen molar-refractivity contribution >= 4 is 43.6 Å². The van der Waals surface area contributed by atoms with Crippen LogP contribution in [0.15, 0.2) is 176 Å². The van der Waals surface area contributed by atoms with Gasteiger partial charge in [0.1, 0.15) is 11.6 Å². The van der Waals surface area contributed by atoms with E-state index in [2.05, 4.69) is 0 Å².